The number of nitro groups is 1. The Morgan fingerprint density at radius 1 is 1.24 bits per heavy atom. The van der Waals surface area contributed by atoms with E-state index in [9.17, 15) is 19.7 Å². The van der Waals surface area contributed by atoms with Crippen LogP contribution in [0.3, 0.4) is 0 Å². The molecule has 0 aromatic heterocycles. The van der Waals surface area contributed by atoms with Crippen LogP contribution in [0.15, 0.2) is 24.3 Å². The highest BCUT2D eigenvalue weighted by molar-refractivity contribution is 5.94. The molecule has 136 valence electrons. The summed E-state index contributed by atoms with van der Waals surface area (Å²) in [4.78, 5) is 37.8. The van der Waals surface area contributed by atoms with Crippen LogP contribution in [-0.2, 0) is 9.53 Å². The largest absolute Gasteiger partial charge is 0.450 e. The number of non-ortho nitro benzene ring substituents is 1. The second kappa shape index (κ2) is 8.43. The lowest BCUT2D eigenvalue weighted by Gasteiger charge is -2.36. The number of anilines is 1. The van der Waals surface area contributed by atoms with Crippen LogP contribution in [0.1, 0.15) is 13.8 Å². The molecule has 0 radical (unpaired) electrons. The van der Waals surface area contributed by atoms with Gasteiger partial charge in [0.25, 0.3) is 5.69 Å². The molecule has 0 bridgehead atoms. The molecule has 1 fully saturated rings. The quantitative estimate of drug-likeness (QED) is 0.640. The van der Waals surface area contributed by atoms with Gasteiger partial charge >= 0.3 is 6.09 Å². The summed E-state index contributed by atoms with van der Waals surface area (Å²) >= 11 is 0. The van der Waals surface area contributed by atoms with Crippen LogP contribution in [0.4, 0.5) is 16.2 Å². The zero-order valence-electron chi connectivity index (χ0n) is 14.3. The fraction of sp³-hybridized carbons (Fsp3) is 0.500. The smallest absolute Gasteiger partial charge is 0.409 e. The maximum Gasteiger partial charge on any atom is 0.409 e. The first kappa shape index (κ1) is 18.7. The Kier molecular flexibility index (Phi) is 6.29. The first-order chi connectivity index (χ1) is 11.9. The third-order valence-corrected chi connectivity index (χ3v) is 4.11. The molecule has 9 nitrogen and oxygen atoms in total. The number of carbonyl (C=O) groups excluding carboxylic acids is 2. The molecule has 0 saturated carbocycles. The van der Waals surface area contributed by atoms with Gasteiger partial charge in [-0.1, -0.05) is 0 Å². The number of nitrogens with zero attached hydrogens (tertiary/aromatic N) is 3. The molecular formula is C16H22N4O5. The first-order valence-corrected chi connectivity index (χ1v) is 8.13. The monoisotopic (exact) mass is 350 g/mol. The molecule has 0 aliphatic carbocycles. The summed E-state index contributed by atoms with van der Waals surface area (Å²) in [5.41, 5.74) is 0.480. The Balaban J connectivity index is 1.86. The van der Waals surface area contributed by atoms with E-state index >= 15 is 0 Å². The van der Waals surface area contributed by atoms with E-state index in [-0.39, 0.29) is 23.7 Å². The van der Waals surface area contributed by atoms with Crippen molar-refractivity contribution in [3.8, 4) is 0 Å². The van der Waals surface area contributed by atoms with Crippen molar-refractivity contribution in [1.82, 2.24) is 9.80 Å². The van der Waals surface area contributed by atoms with E-state index in [1.54, 1.807) is 18.7 Å². The number of ether oxygens (including phenoxy) is 1. The average molecular weight is 350 g/mol. The topological polar surface area (TPSA) is 105 Å². The lowest BCUT2D eigenvalue weighted by molar-refractivity contribution is -0.384. The first-order valence-electron chi connectivity index (χ1n) is 8.13. The molecule has 9 heteroatoms. The van der Waals surface area contributed by atoms with Crippen LogP contribution in [0.5, 0.6) is 0 Å². The van der Waals surface area contributed by atoms with Gasteiger partial charge in [0.05, 0.1) is 17.6 Å². The lowest BCUT2D eigenvalue weighted by atomic mass is 10.2. The van der Waals surface area contributed by atoms with E-state index in [2.05, 4.69) is 5.32 Å². The van der Waals surface area contributed by atoms with E-state index in [4.69, 9.17) is 4.74 Å². The van der Waals surface area contributed by atoms with Crippen molar-refractivity contribution in [2.45, 2.75) is 19.9 Å². The fourth-order valence-corrected chi connectivity index (χ4v) is 2.59. The summed E-state index contributed by atoms with van der Waals surface area (Å²) < 4.78 is 4.97. The summed E-state index contributed by atoms with van der Waals surface area (Å²) in [5.74, 6) is -0.196. The normalized spacial score (nSPS) is 16.2. The number of nitro benzene ring substituents is 1. The Hall–Kier alpha value is -2.68. The molecular weight excluding hydrogens is 328 g/mol. The van der Waals surface area contributed by atoms with E-state index in [0.29, 0.717) is 38.5 Å². The van der Waals surface area contributed by atoms with Crippen LogP contribution in [0.2, 0.25) is 0 Å². The highest BCUT2D eigenvalue weighted by atomic mass is 16.6. The van der Waals surface area contributed by atoms with Gasteiger partial charge in [-0.05, 0) is 26.0 Å². The summed E-state index contributed by atoms with van der Waals surface area (Å²) in [6.45, 7) is 6.07. The van der Waals surface area contributed by atoms with Gasteiger partial charge in [0.1, 0.15) is 0 Å². The van der Waals surface area contributed by atoms with Gasteiger partial charge in [-0.25, -0.2) is 4.79 Å². The highest BCUT2D eigenvalue weighted by Crippen LogP contribution is 2.16. The van der Waals surface area contributed by atoms with Crippen molar-refractivity contribution in [3.05, 3.63) is 34.4 Å². The van der Waals surface area contributed by atoms with E-state index in [1.807, 2.05) is 4.90 Å². The minimum Gasteiger partial charge on any atom is -0.450 e. The molecule has 1 N–H and O–H groups in total. The molecule has 1 heterocycles. The van der Waals surface area contributed by atoms with Crippen molar-refractivity contribution >= 4 is 23.4 Å². The maximum absolute atomic E-state index is 12.4. The van der Waals surface area contributed by atoms with Gasteiger partial charge < -0.3 is 15.0 Å². The SMILES string of the molecule is CCOC(=O)N1CCN(C(C)C(=O)Nc2ccc([N+](=O)[O-])cc2)CC1. The molecule has 2 amide bonds. The third kappa shape index (κ3) is 4.90. The molecule has 1 aliphatic rings. The second-order valence-corrected chi connectivity index (χ2v) is 5.69. The Labute approximate surface area is 145 Å². The van der Waals surface area contributed by atoms with Crippen LogP contribution >= 0.6 is 0 Å². The highest BCUT2D eigenvalue weighted by Gasteiger charge is 2.28. The molecule has 2 rings (SSSR count). The molecule has 0 spiro atoms. The number of hydrogen-bond donors (Lipinski definition) is 1. The van der Waals surface area contributed by atoms with Crippen molar-refractivity contribution in [3.63, 3.8) is 0 Å². The predicted molar refractivity (Wildman–Crippen MR) is 91.4 cm³/mol. The summed E-state index contributed by atoms with van der Waals surface area (Å²) in [6, 6.07) is 5.32. The number of rotatable bonds is 5. The van der Waals surface area contributed by atoms with Gasteiger partial charge in [0, 0.05) is 44.0 Å². The summed E-state index contributed by atoms with van der Waals surface area (Å²) in [5, 5.41) is 13.4. The molecule has 1 aromatic rings. The third-order valence-electron chi connectivity index (χ3n) is 4.11. The van der Waals surface area contributed by atoms with Crippen molar-refractivity contribution in [1.29, 1.82) is 0 Å². The number of hydrogen-bond acceptors (Lipinski definition) is 6. The molecule has 1 aromatic carbocycles. The van der Waals surface area contributed by atoms with E-state index < -0.39 is 4.92 Å². The molecule has 1 atom stereocenters. The minimum atomic E-state index is -0.489. The number of piperazine rings is 1. The number of nitrogens with one attached hydrogen (secondary N) is 1. The number of benzene rings is 1. The van der Waals surface area contributed by atoms with Gasteiger partial charge in [-0.3, -0.25) is 19.8 Å². The van der Waals surface area contributed by atoms with Crippen LogP contribution in [0.25, 0.3) is 0 Å². The number of amides is 2. The average Bonchev–Trinajstić information content (AvgIpc) is 2.61. The van der Waals surface area contributed by atoms with Gasteiger partial charge in [0.15, 0.2) is 0 Å². The fourth-order valence-electron chi connectivity index (χ4n) is 2.59. The zero-order valence-corrected chi connectivity index (χ0v) is 14.3. The minimum absolute atomic E-state index is 0.0267. The van der Waals surface area contributed by atoms with Gasteiger partial charge in [-0.2, -0.15) is 0 Å². The summed E-state index contributed by atoms with van der Waals surface area (Å²) in [7, 11) is 0. The Bertz CT molecular complexity index is 626. The lowest BCUT2D eigenvalue weighted by Crippen LogP contribution is -2.54. The zero-order chi connectivity index (χ0) is 18.4. The van der Waals surface area contributed by atoms with Crippen LogP contribution in [-0.4, -0.2) is 65.6 Å². The molecule has 1 aliphatic heterocycles. The maximum atomic E-state index is 12.4. The van der Waals surface area contributed by atoms with Crippen molar-refractivity contribution in [2.75, 3.05) is 38.1 Å². The molecule has 1 saturated heterocycles. The molecule has 25 heavy (non-hydrogen) atoms. The molecule has 1 unspecified atom stereocenters. The van der Waals surface area contributed by atoms with E-state index in [1.165, 1.54) is 24.3 Å². The van der Waals surface area contributed by atoms with E-state index in [0.717, 1.165) is 0 Å². The number of carbonyl (C=O) groups is 2. The van der Waals surface area contributed by atoms with Crippen LogP contribution in [0, 0.1) is 10.1 Å². The second-order valence-electron chi connectivity index (χ2n) is 5.69. The predicted octanol–water partition coefficient (Wildman–Crippen LogP) is 1.70. The van der Waals surface area contributed by atoms with Gasteiger partial charge in [-0.15, -0.1) is 0 Å². The van der Waals surface area contributed by atoms with Crippen LogP contribution < -0.4 is 5.32 Å². The summed E-state index contributed by atoms with van der Waals surface area (Å²) in [6.07, 6.45) is -0.329. The van der Waals surface area contributed by atoms with Gasteiger partial charge in [0.2, 0.25) is 5.91 Å². The van der Waals surface area contributed by atoms with Crippen molar-refractivity contribution < 1.29 is 19.2 Å². The van der Waals surface area contributed by atoms with Crippen molar-refractivity contribution in [2.24, 2.45) is 0 Å². The Morgan fingerprint density at radius 2 is 1.84 bits per heavy atom. The standard InChI is InChI=1S/C16H22N4O5/c1-3-25-16(22)19-10-8-18(9-11-19)12(2)15(21)17-13-4-6-14(7-5-13)20(23)24/h4-7,12H,3,8-11H2,1-2H3,(H,17,21). The Morgan fingerprint density at radius 3 is 2.36 bits per heavy atom.